The Morgan fingerprint density at radius 1 is 1.27 bits per heavy atom. The fraction of sp³-hybridized carbons (Fsp3) is 0.263. The number of rotatable bonds is 4. The van der Waals surface area contributed by atoms with E-state index in [1.54, 1.807) is 11.3 Å². The average Bonchev–Trinajstić information content (AvgIpc) is 3.24. The first-order valence-corrected chi connectivity index (χ1v) is 9.37. The first-order valence-electron chi connectivity index (χ1n) is 8.55. The molecule has 2 N–H and O–H groups in total. The predicted molar refractivity (Wildman–Crippen MR) is 97.3 cm³/mol. The molecular weight excluding hydrogens is 356 g/mol. The van der Waals surface area contributed by atoms with Gasteiger partial charge in [-0.25, -0.2) is 13.8 Å². The van der Waals surface area contributed by atoms with Gasteiger partial charge in [-0.2, -0.15) is 0 Å². The van der Waals surface area contributed by atoms with Gasteiger partial charge in [0.15, 0.2) is 11.6 Å². The largest absolute Gasteiger partial charge is 0.319 e. The molecule has 1 unspecified atom stereocenters. The van der Waals surface area contributed by atoms with Crippen molar-refractivity contribution >= 4 is 33.1 Å². The van der Waals surface area contributed by atoms with Crippen LogP contribution in [-0.2, 0) is 4.79 Å². The number of thiazole rings is 1. The first kappa shape index (κ1) is 17.1. The second-order valence-corrected chi connectivity index (χ2v) is 7.53. The number of amides is 1. The van der Waals surface area contributed by atoms with Gasteiger partial charge in [0.25, 0.3) is 5.91 Å². The molecule has 2 heterocycles. The molecule has 2 aromatic carbocycles. The molecule has 1 aromatic heterocycles. The molecule has 4 rings (SSSR count). The number of fused-ring (bicyclic) bond motifs is 1. The number of likely N-dealkylation sites (tertiary alicyclic amines) is 1. The molecule has 1 fully saturated rings. The number of carbonyl (C=O) groups excluding carboxylic acids is 1. The molecule has 1 aliphatic rings. The van der Waals surface area contributed by atoms with Gasteiger partial charge in [-0.3, -0.25) is 4.79 Å². The van der Waals surface area contributed by atoms with Crippen molar-refractivity contribution in [3.05, 3.63) is 59.1 Å². The van der Waals surface area contributed by atoms with Gasteiger partial charge < -0.3 is 10.2 Å². The summed E-state index contributed by atoms with van der Waals surface area (Å²) in [6.45, 7) is 1.07. The maximum absolute atomic E-state index is 13.7. The fourth-order valence-corrected chi connectivity index (χ4v) is 4.62. The molecule has 0 aliphatic carbocycles. The van der Waals surface area contributed by atoms with E-state index in [-0.39, 0.29) is 24.2 Å². The Morgan fingerprint density at radius 2 is 2.12 bits per heavy atom. The molecule has 7 heteroatoms. The zero-order valence-electron chi connectivity index (χ0n) is 14.0. The minimum atomic E-state index is -0.640. The van der Waals surface area contributed by atoms with E-state index in [4.69, 9.17) is 4.98 Å². The van der Waals surface area contributed by atoms with E-state index in [0.717, 1.165) is 57.7 Å². The van der Waals surface area contributed by atoms with E-state index < -0.39 is 11.6 Å². The van der Waals surface area contributed by atoms with Crippen LogP contribution < -0.4 is 10.2 Å². The highest BCUT2D eigenvalue weighted by Gasteiger charge is 2.34. The van der Waals surface area contributed by atoms with Crippen molar-refractivity contribution in [1.82, 2.24) is 4.98 Å². The van der Waals surface area contributed by atoms with Crippen LogP contribution in [0.1, 0.15) is 23.9 Å². The van der Waals surface area contributed by atoms with Crippen LogP contribution in [0.4, 0.5) is 14.5 Å². The van der Waals surface area contributed by atoms with Crippen molar-refractivity contribution in [1.29, 1.82) is 0 Å². The van der Waals surface area contributed by atoms with E-state index in [1.165, 1.54) is 0 Å². The number of halogens is 2. The first-order chi connectivity index (χ1) is 12.6. The Balaban J connectivity index is 1.48. The topological polar surface area (TPSA) is 46.4 Å². The van der Waals surface area contributed by atoms with Crippen LogP contribution in [0.2, 0.25) is 0 Å². The number of anilines is 1. The number of aromatic nitrogens is 1. The third-order valence-corrected chi connectivity index (χ3v) is 5.83. The predicted octanol–water partition coefficient (Wildman–Crippen LogP) is 2.93. The minimum absolute atomic E-state index is 0.120. The number of hydrogen-bond donors (Lipinski definition) is 2. The van der Waals surface area contributed by atoms with Gasteiger partial charge in [-0.1, -0.05) is 12.1 Å². The van der Waals surface area contributed by atoms with Gasteiger partial charge in [0.05, 0.1) is 22.4 Å². The molecular formula is C19H18F2N3OS+. The quantitative estimate of drug-likeness (QED) is 0.738. The SMILES string of the molecule is O=C(C[NH+]1CCC[C@@H]1c1nc2ccccc2s1)Nc1cc(F)ccc1F. The molecule has 2 atom stereocenters. The molecule has 1 aliphatic heterocycles. The summed E-state index contributed by atoms with van der Waals surface area (Å²) in [4.78, 5) is 18.2. The molecule has 26 heavy (non-hydrogen) atoms. The molecule has 0 spiro atoms. The Morgan fingerprint density at radius 3 is 2.96 bits per heavy atom. The van der Waals surface area contributed by atoms with Crippen LogP contribution in [0.5, 0.6) is 0 Å². The van der Waals surface area contributed by atoms with Crippen LogP contribution >= 0.6 is 11.3 Å². The van der Waals surface area contributed by atoms with Crippen molar-refractivity contribution in [2.24, 2.45) is 0 Å². The van der Waals surface area contributed by atoms with Gasteiger partial charge >= 0.3 is 0 Å². The summed E-state index contributed by atoms with van der Waals surface area (Å²) < 4.78 is 28.1. The second kappa shape index (κ2) is 7.09. The number of carbonyl (C=O) groups is 1. The third kappa shape index (κ3) is 3.45. The second-order valence-electron chi connectivity index (χ2n) is 6.47. The van der Waals surface area contributed by atoms with Gasteiger partial charge in [0.1, 0.15) is 17.7 Å². The van der Waals surface area contributed by atoms with Crippen LogP contribution in [0.15, 0.2) is 42.5 Å². The van der Waals surface area contributed by atoms with Gasteiger partial charge in [-0.15, -0.1) is 11.3 Å². The Bertz CT molecular complexity index is 926. The highest BCUT2D eigenvalue weighted by atomic mass is 32.1. The summed E-state index contributed by atoms with van der Waals surface area (Å²) in [5.41, 5.74) is 0.857. The summed E-state index contributed by atoms with van der Waals surface area (Å²) >= 11 is 1.66. The maximum atomic E-state index is 13.7. The smallest absolute Gasteiger partial charge is 0.279 e. The maximum Gasteiger partial charge on any atom is 0.279 e. The van der Waals surface area contributed by atoms with Crippen molar-refractivity contribution in [3.63, 3.8) is 0 Å². The summed E-state index contributed by atoms with van der Waals surface area (Å²) in [6.07, 6.45) is 1.98. The lowest BCUT2D eigenvalue weighted by atomic mass is 10.2. The molecule has 0 radical (unpaired) electrons. The molecule has 4 nitrogen and oxygen atoms in total. The van der Waals surface area contributed by atoms with Gasteiger partial charge in [-0.05, 0) is 24.3 Å². The van der Waals surface area contributed by atoms with Crippen molar-refractivity contribution in [2.75, 3.05) is 18.4 Å². The molecule has 0 bridgehead atoms. The summed E-state index contributed by atoms with van der Waals surface area (Å²) in [7, 11) is 0. The highest BCUT2D eigenvalue weighted by molar-refractivity contribution is 7.18. The van der Waals surface area contributed by atoms with Crippen LogP contribution in [0.25, 0.3) is 10.2 Å². The van der Waals surface area contributed by atoms with E-state index in [1.807, 2.05) is 24.3 Å². The van der Waals surface area contributed by atoms with E-state index >= 15 is 0 Å². The normalized spacial score (nSPS) is 19.8. The number of nitrogens with one attached hydrogen (secondary N) is 2. The summed E-state index contributed by atoms with van der Waals surface area (Å²) in [5, 5.41) is 3.52. The number of benzene rings is 2. The molecule has 134 valence electrons. The van der Waals surface area contributed by atoms with Crippen LogP contribution in [-0.4, -0.2) is 24.0 Å². The lowest BCUT2D eigenvalue weighted by molar-refractivity contribution is -0.910. The molecule has 1 amide bonds. The van der Waals surface area contributed by atoms with Gasteiger partial charge in [0.2, 0.25) is 0 Å². The fourth-order valence-electron chi connectivity index (χ4n) is 3.45. The molecule has 1 saturated heterocycles. The molecule has 3 aromatic rings. The third-order valence-electron chi connectivity index (χ3n) is 4.68. The number of hydrogen-bond acceptors (Lipinski definition) is 3. The zero-order chi connectivity index (χ0) is 18.1. The Hall–Kier alpha value is -2.38. The summed E-state index contributed by atoms with van der Waals surface area (Å²) in [6, 6.07) is 11.2. The minimum Gasteiger partial charge on any atom is -0.319 e. The van der Waals surface area contributed by atoms with Crippen LogP contribution in [0.3, 0.4) is 0 Å². The lowest BCUT2D eigenvalue weighted by Crippen LogP contribution is -3.11. The number of nitrogens with zero attached hydrogens (tertiary/aromatic N) is 1. The summed E-state index contributed by atoms with van der Waals surface area (Å²) in [5.74, 6) is -1.54. The van der Waals surface area contributed by atoms with Gasteiger partial charge in [0, 0.05) is 18.9 Å². The Labute approximate surface area is 153 Å². The van der Waals surface area contributed by atoms with E-state index in [0.29, 0.717) is 0 Å². The standard InChI is InChI=1S/C19H17F2N3OS/c20-12-7-8-13(21)15(10-12)22-18(25)11-24-9-3-5-16(24)19-23-14-4-1-2-6-17(14)26-19/h1-2,4,6-8,10,16H,3,5,9,11H2,(H,22,25)/p+1/t16-/m1/s1. The number of para-hydroxylation sites is 1. The van der Waals surface area contributed by atoms with E-state index in [2.05, 4.69) is 5.32 Å². The Kier molecular flexibility index (Phi) is 4.65. The average molecular weight is 374 g/mol. The highest BCUT2D eigenvalue weighted by Crippen LogP contribution is 2.28. The van der Waals surface area contributed by atoms with Crippen molar-refractivity contribution < 1.29 is 18.5 Å². The van der Waals surface area contributed by atoms with Crippen LogP contribution in [0, 0.1) is 11.6 Å². The number of quaternary nitrogens is 1. The zero-order valence-corrected chi connectivity index (χ0v) is 14.8. The molecule has 0 saturated carbocycles. The van der Waals surface area contributed by atoms with Crippen molar-refractivity contribution in [3.8, 4) is 0 Å². The lowest BCUT2D eigenvalue weighted by Gasteiger charge is -2.19. The van der Waals surface area contributed by atoms with E-state index in [9.17, 15) is 13.6 Å². The monoisotopic (exact) mass is 374 g/mol. The van der Waals surface area contributed by atoms with Crippen molar-refractivity contribution in [2.45, 2.75) is 18.9 Å².